The number of fused-ring (bicyclic) bond motifs is 1. The fourth-order valence-corrected chi connectivity index (χ4v) is 11.5. The molecule has 0 unspecified atom stereocenters. The average molecular weight is 270 g/mol. The molecule has 0 spiro atoms. The van der Waals surface area contributed by atoms with Crippen molar-refractivity contribution in [3.05, 3.63) is 0 Å². The highest BCUT2D eigenvalue weighted by Crippen LogP contribution is 2.80. The Kier molecular flexibility index (Phi) is 2.99. The number of hydrogen-bond donors (Lipinski definition) is 0. The van der Waals surface area contributed by atoms with E-state index in [9.17, 15) is 4.79 Å². The van der Waals surface area contributed by atoms with E-state index in [1.54, 1.807) is 0 Å². The highest BCUT2D eigenvalue weighted by molar-refractivity contribution is 6.84. The van der Waals surface area contributed by atoms with Gasteiger partial charge in [0.05, 0.1) is 17.7 Å². The fraction of sp³-hybridized carbons (Fsp3) is 0.929. The predicted molar refractivity (Wildman–Crippen MR) is 73.9 cm³/mol. The Morgan fingerprint density at radius 3 is 2.11 bits per heavy atom. The summed E-state index contributed by atoms with van der Waals surface area (Å²) in [5, 5.41) is -0.284. The van der Waals surface area contributed by atoms with Crippen molar-refractivity contribution in [2.45, 2.75) is 69.7 Å². The molecule has 0 radical (unpaired) electrons. The van der Waals surface area contributed by atoms with Crippen molar-refractivity contribution >= 4 is 14.3 Å². The standard InChI is InChI=1S/C14H26O3Si/c1-9(2)18(10(3)4)14(12(15)16-7)8-11(14)13(5,6)17-18/h9-11H,8H2,1-7H3/t11-,14-/m0/s1. The summed E-state index contributed by atoms with van der Waals surface area (Å²) in [6.45, 7) is 13.1. The number of esters is 1. The van der Waals surface area contributed by atoms with Gasteiger partial charge in [0.2, 0.25) is 8.32 Å². The molecule has 2 fully saturated rings. The molecule has 4 heteroatoms. The van der Waals surface area contributed by atoms with Gasteiger partial charge in [0, 0.05) is 5.92 Å². The normalized spacial score (nSPS) is 35.7. The molecule has 0 aromatic rings. The Labute approximate surface area is 111 Å². The van der Waals surface area contributed by atoms with Crippen LogP contribution in [0.2, 0.25) is 16.1 Å². The molecule has 1 saturated carbocycles. The van der Waals surface area contributed by atoms with Crippen LogP contribution < -0.4 is 0 Å². The molecule has 1 heterocycles. The van der Waals surface area contributed by atoms with E-state index >= 15 is 0 Å². The first kappa shape index (κ1) is 14.1. The smallest absolute Gasteiger partial charge is 0.311 e. The molecule has 1 aliphatic heterocycles. The van der Waals surface area contributed by atoms with Gasteiger partial charge < -0.3 is 9.16 Å². The second kappa shape index (κ2) is 3.82. The maximum Gasteiger partial charge on any atom is 0.311 e. The summed E-state index contributed by atoms with van der Waals surface area (Å²) in [5.74, 6) is 0.334. The largest absolute Gasteiger partial charge is 0.469 e. The van der Waals surface area contributed by atoms with Gasteiger partial charge in [0.15, 0.2) is 0 Å². The first-order valence-electron chi connectivity index (χ1n) is 6.95. The van der Waals surface area contributed by atoms with Crippen LogP contribution in [-0.2, 0) is 14.0 Å². The van der Waals surface area contributed by atoms with Gasteiger partial charge in [-0.3, -0.25) is 4.79 Å². The van der Waals surface area contributed by atoms with Gasteiger partial charge in [-0.15, -0.1) is 0 Å². The molecular weight excluding hydrogens is 244 g/mol. The van der Waals surface area contributed by atoms with E-state index in [0.717, 1.165) is 6.42 Å². The molecule has 18 heavy (non-hydrogen) atoms. The Morgan fingerprint density at radius 2 is 1.78 bits per heavy atom. The van der Waals surface area contributed by atoms with Crippen molar-refractivity contribution < 1.29 is 14.0 Å². The van der Waals surface area contributed by atoms with Gasteiger partial charge in [0.1, 0.15) is 0 Å². The summed E-state index contributed by atoms with van der Waals surface area (Å²) < 4.78 is 11.7. The molecule has 0 bridgehead atoms. The number of rotatable bonds is 3. The Bertz CT molecular complexity index is 367. The lowest BCUT2D eigenvalue weighted by molar-refractivity contribution is -0.142. The lowest BCUT2D eigenvalue weighted by atomic mass is 10.0. The number of carbonyl (C=O) groups is 1. The number of carbonyl (C=O) groups excluding carboxylic acids is 1. The van der Waals surface area contributed by atoms with Gasteiger partial charge >= 0.3 is 5.97 Å². The van der Waals surface area contributed by atoms with E-state index in [4.69, 9.17) is 9.16 Å². The SMILES string of the molecule is COC(=O)[C@]12C[C@H]1C(C)(C)O[Si]2(C(C)C)C(C)C. The third-order valence-corrected chi connectivity index (χ3v) is 11.6. The highest BCUT2D eigenvalue weighted by atomic mass is 28.4. The van der Waals surface area contributed by atoms with Crippen LogP contribution in [0.3, 0.4) is 0 Å². The van der Waals surface area contributed by atoms with Crippen LogP contribution >= 0.6 is 0 Å². The number of methoxy groups -OCH3 is 1. The average Bonchev–Trinajstić information content (AvgIpc) is 2.97. The van der Waals surface area contributed by atoms with Crippen molar-refractivity contribution in [2.24, 2.45) is 5.92 Å². The summed E-state index contributed by atoms with van der Waals surface area (Å²) in [6, 6.07) is 0. The summed E-state index contributed by atoms with van der Waals surface area (Å²) >= 11 is 0. The molecule has 0 aromatic carbocycles. The third kappa shape index (κ3) is 1.36. The number of ether oxygens (including phenoxy) is 1. The van der Waals surface area contributed by atoms with Gasteiger partial charge in [0.25, 0.3) is 0 Å². The highest BCUT2D eigenvalue weighted by Gasteiger charge is 2.84. The van der Waals surface area contributed by atoms with Gasteiger partial charge in [-0.05, 0) is 31.4 Å². The maximum absolute atomic E-state index is 12.4. The summed E-state index contributed by atoms with van der Waals surface area (Å²) in [7, 11) is -0.649. The molecule has 0 aromatic heterocycles. The molecule has 2 atom stereocenters. The summed E-state index contributed by atoms with van der Waals surface area (Å²) in [5.41, 5.74) is 0.696. The van der Waals surface area contributed by atoms with Crippen LogP contribution in [0, 0.1) is 5.92 Å². The minimum absolute atomic E-state index is 0.0212. The van der Waals surface area contributed by atoms with Crippen molar-refractivity contribution in [1.82, 2.24) is 0 Å². The van der Waals surface area contributed by atoms with Crippen molar-refractivity contribution in [3.63, 3.8) is 0 Å². The Morgan fingerprint density at radius 1 is 1.28 bits per heavy atom. The van der Waals surface area contributed by atoms with Crippen LogP contribution in [0.4, 0.5) is 0 Å². The molecule has 1 saturated heterocycles. The molecule has 0 N–H and O–H groups in total. The van der Waals surface area contributed by atoms with E-state index in [2.05, 4.69) is 41.5 Å². The maximum atomic E-state index is 12.4. The van der Waals surface area contributed by atoms with Crippen LogP contribution in [0.25, 0.3) is 0 Å². The molecule has 2 aliphatic rings. The zero-order chi connectivity index (χ0) is 13.9. The van der Waals surface area contributed by atoms with E-state index in [0.29, 0.717) is 17.0 Å². The molecule has 1 aliphatic carbocycles. The van der Waals surface area contributed by atoms with Crippen molar-refractivity contribution in [3.8, 4) is 0 Å². The quantitative estimate of drug-likeness (QED) is 0.581. The molecule has 104 valence electrons. The Balaban J connectivity index is 2.55. The zero-order valence-corrected chi connectivity index (χ0v) is 13.7. The first-order valence-corrected chi connectivity index (χ1v) is 9.01. The lowest BCUT2D eigenvalue weighted by Crippen LogP contribution is -2.52. The van der Waals surface area contributed by atoms with Crippen LogP contribution in [0.5, 0.6) is 0 Å². The van der Waals surface area contributed by atoms with E-state index in [-0.39, 0.29) is 16.6 Å². The van der Waals surface area contributed by atoms with Crippen molar-refractivity contribution in [1.29, 1.82) is 0 Å². The number of hydrogen-bond acceptors (Lipinski definition) is 3. The first-order chi connectivity index (χ1) is 8.16. The monoisotopic (exact) mass is 270 g/mol. The van der Waals surface area contributed by atoms with Gasteiger partial charge in [-0.2, -0.15) is 0 Å². The van der Waals surface area contributed by atoms with Gasteiger partial charge in [-0.25, -0.2) is 0 Å². The summed E-state index contributed by atoms with van der Waals surface area (Å²) in [4.78, 5) is 12.4. The van der Waals surface area contributed by atoms with E-state index in [1.165, 1.54) is 7.11 Å². The minimum atomic E-state index is -2.16. The molecule has 0 amide bonds. The topological polar surface area (TPSA) is 35.5 Å². The van der Waals surface area contributed by atoms with Crippen LogP contribution in [0.1, 0.15) is 48.0 Å². The lowest BCUT2D eigenvalue weighted by Gasteiger charge is -2.42. The second-order valence-electron chi connectivity index (χ2n) is 7.03. The third-order valence-electron chi connectivity index (χ3n) is 5.19. The molecule has 3 nitrogen and oxygen atoms in total. The van der Waals surface area contributed by atoms with Crippen LogP contribution in [-0.4, -0.2) is 27.0 Å². The predicted octanol–water partition coefficient (Wildman–Crippen LogP) is 3.49. The van der Waals surface area contributed by atoms with Crippen LogP contribution in [0.15, 0.2) is 0 Å². The molecular formula is C14H26O3Si. The van der Waals surface area contributed by atoms with E-state index < -0.39 is 8.32 Å². The van der Waals surface area contributed by atoms with Gasteiger partial charge in [-0.1, -0.05) is 27.7 Å². The Hall–Kier alpha value is -0.353. The summed E-state index contributed by atoms with van der Waals surface area (Å²) in [6.07, 6.45) is 0.968. The zero-order valence-electron chi connectivity index (χ0n) is 12.7. The second-order valence-corrected chi connectivity index (χ2v) is 12.0. The molecule has 2 rings (SSSR count). The fourth-order valence-electron chi connectivity index (χ4n) is 4.63. The van der Waals surface area contributed by atoms with Crippen molar-refractivity contribution in [2.75, 3.05) is 7.11 Å². The minimum Gasteiger partial charge on any atom is -0.469 e. The van der Waals surface area contributed by atoms with E-state index in [1.807, 2.05) is 0 Å².